The predicted octanol–water partition coefficient (Wildman–Crippen LogP) is 2.67. The van der Waals surface area contributed by atoms with Crippen LogP contribution < -0.4 is 10.6 Å². The Morgan fingerprint density at radius 3 is 2.88 bits per heavy atom. The molecule has 3 nitrogen and oxygen atoms in total. The van der Waals surface area contributed by atoms with Gasteiger partial charge in [-0.3, -0.25) is 0 Å². The van der Waals surface area contributed by atoms with Crippen LogP contribution in [0.2, 0.25) is 0 Å². The number of rotatable bonds is 6. The van der Waals surface area contributed by atoms with Crippen LogP contribution in [0.15, 0.2) is 22.7 Å². The average Bonchev–Trinajstić information content (AvgIpc) is 3.10. The summed E-state index contributed by atoms with van der Waals surface area (Å²) in [6, 6.07) is 6.03. The van der Waals surface area contributed by atoms with E-state index in [-0.39, 0.29) is 0 Å². The van der Waals surface area contributed by atoms with Gasteiger partial charge in [0, 0.05) is 0 Å². The Balaban J connectivity index is 1.99. The van der Waals surface area contributed by atoms with E-state index in [1.807, 2.05) is 18.2 Å². The van der Waals surface area contributed by atoms with Crippen molar-refractivity contribution in [3.05, 3.63) is 28.2 Å². The van der Waals surface area contributed by atoms with Crippen LogP contribution in [-0.4, -0.2) is 13.2 Å². The maximum atomic E-state index is 5.76. The van der Waals surface area contributed by atoms with Gasteiger partial charge in [0.2, 0.25) is 0 Å². The predicted molar refractivity (Wildman–Crippen MR) is 66.2 cm³/mol. The first-order valence-corrected chi connectivity index (χ1v) is 6.32. The Morgan fingerprint density at radius 2 is 2.19 bits per heavy atom. The second-order valence-electron chi connectivity index (χ2n) is 4.10. The monoisotopic (exact) mass is 285 g/mol. The third-order valence-corrected chi connectivity index (χ3v) is 3.60. The van der Waals surface area contributed by atoms with Crippen molar-refractivity contribution in [2.45, 2.75) is 19.3 Å². The third kappa shape index (κ3) is 3.20. The van der Waals surface area contributed by atoms with Crippen LogP contribution in [0.4, 0.5) is 0 Å². The van der Waals surface area contributed by atoms with Crippen LogP contribution in [0.1, 0.15) is 18.4 Å². The number of nitrogens with two attached hydrogens (primary N) is 1. The van der Waals surface area contributed by atoms with Crippen molar-refractivity contribution in [2.24, 2.45) is 11.8 Å². The Bertz CT molecular complexity index is 353. The highest BCUT2D eigenvalue weighted by Gasteiger charge is 2.22. The first kappa shape index (κ1) is 11.9. The van der Waals surface area contributed by atoms with Crippen LogP contribution in [-0.2, 0) is 11.3 Å². The largest absolute Gasteiger partial charge is 0.492 e. The molecule has 0 aromatic heterocycles. The molecule has 1 aromatic carbocycles. The molecule has 0 heterocycles. The van der Waals surface area contributed by atoms with Crippen molar-refractivity contribution in [1.29, 1.82) is 0 Å². The summed E-state index contributed by atoms with van der Waals surface area (Å²) in [5.41, 5.74) is 1.17. The van der Waals surface area contributed by atoms with E-state index >= 15 is 0 Å². The summed E-state index contributed by atoms with van der Waals surface area (Å²) < 4.78 is 6.78. The molecular formula is C12H16BrNO2. The molecule has 1 fully saturated rings. The minimum Gasteiger partial charge on any atom is -0.492 e. The van der Waals surface area contributed by atoms with E-state index in [1.165, 1.54) is 18.4 Å². The second kappa shape index (κ2) is 5.66. The molecular weight excluding hydrogens is 270 g/mol. The van der Waals surface area contributed by atoms with Gasteiger partial charge in [-0.1, -0.05) is 12.1 Å². The Labute approximate surface area is 104 Å². The zero-order valence-electron chi connectivity index (χ0n) is 9.12. The van der Waals surface area contributed by atoms with Gasteiger partial charge in [-0.15, -0.1) is 0 Å². The third-order valence-electron chi connectivity index (χ3n) is 2.70. The van der Waals surface area contributed by atoms with E-state index in [4.69, 9.17) is 10.6 Å². The van der Waals surface area contributed by atoms with Crippen LogP contribution >= 0.6 is 15.9 Å². The smallest absolute Gasteiger partial charge is 0.133 e. The van der Waals surface area contributed by atoms with E-state index in [9.17, 15) is 0 Å². The lowest BCUT2D eigenvalue weighted by Crippen LogP contribution is -2.05. The van der Waals surface area contributed by atoms with Crippen LogP contribution in [0, 0.1) is 5.92 Å². The number of benzene rings is 1. The van der Waals surface area contributed by atoms with Gasteiger partial charge in [0.1, 0.15) is 5.75 Å². The molecule has 1 aromatic rings. The summed E-state index contributed by atoms with van der Waals surface area (Å²) in [5.74, 6) is 6.71. The van der Waals surface area contributed by atoms with E-state index in [0.717, 1.165) is 29.2 Å². The molecule has 4 heteroatoms. The standard InChI is InChI=1S/C12H16BrNO2/c13-12-10(6-7-16-14)2-1-3-11(12)15-8-9-4-5-9/h1-3,9H,4-8,14H2. The van der Waals surface area contributed by atoms with Crippen molar-refractivity contribution in [1.82, 2.24) is 0 Å². The molecule has 0 radical (unpaired) electrons. The summed E-state index contributed by atoms with van der Waals surface area (Å²) in [6.45, 7) is 1.35. The summed E-state index contributed by atoms with van der Waals surface area (Å²) in [7, 11) is 0. The summed E-state index contributed by atoms with van der Waals surface area (Å²) >= 11 is 3.56. The Morgan fingerprint density at radius 1 is 1.38 bits per heavy atom. The maximum absolute atomic E-state index is 5.76. The highest BCUT2D eigenvalue weighted by Crippen LogP contribution is 2.33. The van der Waals surface area contributed by atoms with E-state index in [2.05, 4.69) is 20.8 Å². The molecule has 0 spiro atoms. The summed E-state index contributed by atoms with van der Waals surface area (Å²) in [6.07, 6.45) is 3.40. The van der Waals surface area contributed by atoms with Crippen molar-refractivity contribution in [3.8, 4) is 5.75 Å². The highest BCUT2D eigenvalue weighted by atomic mass is 79.9. The quantitative estimate of drug-likeness (QED) is 0.818. The van der Waals surface area contributed by atoms with Crippen molar-refractivity contribution < 1.29 is 9.57 Å². The van der Waals surface area contributed by atoms with Gasteiger partial charge in [-0.25, -0.2) is 5.90 Å². The lowest BCUT2D eigenvalue weighted by atomic mass is 10.1. The molecule has 1 aliphatic carbocycles. The Kier molecular flexibility index (Phi) is 4.21. The number of ether oxygens (including phenoxy) is 1. The molecule has 0 unspecified atom stereocenters. The molecule has 2 rings (SSSR count). The van der Waals surface area contributed by atoms with E-state index in [0.29, 0.717) is 6.61 Å². The first-order valence-electron chi connectivity index (χ1n) is 5.53. The van der Waals surface area contributed by atoms with Gasteiger partial charge < -0.3 is 9.57 Å². The normalized spacial score (nSPS) is 15.1. The van der Waals surface area contributed by atoms with Gasteiger partial charge in [-0.2, -0.15) is 0 Å². The maximum Gasteiger partial charge on any atom is 0.133 e. The molecule has 0 bridgehead atoms. The van der Waals surface area contributed by atoms with Crippen molar-refractivity contribution in [2.75, 3.05) is 13.2 Å². The molecule has 1 saturated carbocycles. The number of hydrogen-bond acceptors (Lipinski definition) is 3. The van der Waals surface area contributed by atoms with E-state index < -0.39 is 0 Å². The fourth-order valence-corrected chi connectivity index (χ4v) is 2.10. The molecule has 2 N–H and O–H groups in total. The minimum atomic E-state index is 0.519. The van der Waals surface area contributed by atoms with E-state index in [1.54, 1.807) is 0 Å². The fourth-order valence-electron chi connectivity index (χ4n) is 1.52. The topological polar surface area (TPSA) is 44.5 Å². The zero-order chi connectivity index (χ0) is 11.4. The molecule has 0 saturated heterocycles. The summed E-state index contributed by atoms with van der Waals surface area (Å²) in [5, 5.41) is 0. The molecule has 0 amide bonds. The van der Waals surface area contributed by atoms with Crippen molar-refractivity contribution in [3.63, 3.8) is 0 Å². The van der Waals surface area contributed by atoms with Gasteiger partial charge in [-0.05, 0) is 52.7 Å². The first-order chi connectivity index (χ1) is 7.81. The molecule has 88 valence electrons. The van der Waals surface area contributed by atoms with Gasteiger partial charge in [0.15, 0.2) is 0 Å². The van der Waals surface area contributed by atoms with Gasteiger partial charge in [0.05, 0.1) is 17.7 Å². The minimum absolute atomic E-state index is 0.519. The molecule has 16 heavy (non-hydrogen) atoms. The van der Waals surface area contributed by atoms with Crippen LogP contribution in [0.5, 0.6) is 5.75 Å². The molecule has 0 aliphatic heterocycles. The second-order valence-corrected chi connectivity index (χ2v) is 4.90. The van der Waals surface area contributed by atoms with Crippen LogP contribution in [0.3, 0.4) is 0 Å². The summed E-state index contributed by atoms with van der Waals surface area (Å²) in [4.78, 5) is 4.59. The Hall–Kier alpha value is -0.580. The van der Waals surface area contributed by atoms with Crippen LogP contribution in [0.25, 0.3) is 0 Å². The molecule has 1 aliphatic rings. The molecule has 0 atom stereocenters. The lowest BCUT2D eigenvalue weighted by molar-refractivity contribution is 0.141. The SMILES string of the molecule is NOCCc1cccc(OCC2CC2)c1Br. The van der Waals surface area contributed by atoms with Gasteiger partial charge >= 0.3 is 0 Å². The zero-order valence-corrected chi connectivity index (χ0v) is 10.7. The fraction of sp³-hybridized carbons (Fsp3) is 0.500. The number of halogens is 1. The lowest BCUT2D eigenvalue weighted by Gasteiger charge is -2.10. The highest BCUT2D eigenvalue weighted by molar-refractivity contribution is 9.10. The number of hydrogen-bond donors (Lipinski definition) is 1. The van der Waals surface area contributed by atoms with Crippen molar-refractivity contribution >= 4 is 15.9 Å². The van der Waals surface area contributed by atoms with Gasteiger partial charge in [0.25, 0.3) is 0 Å². The average molecular weight is 286 g/mol.